The molecule has 1 aliphatic rings. The van der Waals surface area contributed by atoms with Gasteiger partial charge < -0.3 is 14.9 Å². The summed E-state index contributed by atoms with van der Waals surface area (Å²) in [6, 6.07) is 16.3. The lowest BCUT2D eigenvalue weighted by Gasteiger charge is -2.35. The van der Waals surface area contributed by atoms with Gasteiger partial charge in [0, 0.05) is 5.69 Å². The average Bonchev–Trinajstić information content (AvgIpc) is 2.58. The van der Waals surface area contributed by atoms with Crippen LogP contribution in [0.4, 0.5) is 10.5 Å². The van der Waals surface area contributed by atoms with Gasteiger partial charge in [0.25, 0.3) is 5.91 Å². The Kier molecular flexibility index (Phi) is 4.14. The Morgan fingerprint density at radius 3 is 2.57 bits per heavy atom. The first-order valence-electron chi connectivity index (χ1n) is 7.29. The number of carbonyl (C=O) groups excluding carboxylic acids is 2. The van der Waals surface area contributed by atoms with E-state index in [1.165, 1.54) is 0 Å². The Morgan fingerprint density at radius 2 is 1.83 bits per heavy atom. The summed E-state index contributed by atoms with van der Waals surface area (Å²) in [5, 5.41) is 4.22. The van der Waals surface area contributed by atoms with Crippen LogP contribution in [0.15, 0.2) is 54.6 Å². The van der Waals surface area contributed by atoms with Crippen LogP contribution < -0.4 is 5.32 Å². The molecule has 1 heterocycles. The molecule has 3 rings (SSSR count). The summed E-state index contributed by atoms with van der Waals surface area (Å²) in [6.45, 7) is 1.84. The number of rotatable bonds is 3. The van der Waals surface area contributed by atoms with E-state index in [1.807, 2.05) is 42.5 Å². The summed E-state index contributed by atoms with van der Waals surface area (Å²) in [5.74, 6) is -0.402. The normalized spacial score (nSPS) is 16.3. The van der Waals surface area contributed by atoms with Crippen LogP contribution in [0.3, 0.4) is 0 Å². The number of hydrogen-bond donors (Lipinski definition) is 1. The molecule has 1 aliphatic heterocycles. The smallest absolute Gasteiger partial charge is 0.433 e. The molecule has 118 valence electrons. The summed E-state index contributed by atoms with van der Waals surface area (Å²) < 4.78 is 4.78. The molecule has 1 atom stereocenters. The molecule has 0 aliphatic carbocycles. The van der Waals surface area contributed by atoms with Crippen molar-refractivity contribution in [3.63, 3.8) is 0 Å². The van der Waals surface area contributed by atoms with Crippen molar-refractivity contribution in [2.24, 2.45) is 0 Å². The second-order valence-corrected chi connectivity index (χ2v) is 4.91. The molecule has 0 aromatic heterocycles. The maximum Gasteiger partial charge on any atom is 0.533 e. The molecule has 0 fully saturated rings. The van der Waals surface area contributed by atoms with Crippen molar-refractivity contribution in [3.05, 3.63) is 65.7 Å². The minimum atomic E-state index is -0.914. The van der Waals surface area contributed by atoms with Gasteiger partial charge in [0.05, 0.1) is 12.2 Å². The molecule has 6 heteroatoms. The highest BCUT2D eigenvalue weighted by molar-refractivity contribution is 6.01. The Morgan fingerprint density at radius 1 is 1.13 bits per heavy atom. The van der Waals surface area contributed by atoms with Crippen molar-refractivity contribution in [2.45, 2.75) is 13.1 Å². The summed E-state index contributed by atoms with van der Waals surface area (Å²) in [5.41, 5.74) is 1.92. The van der Waals surface area contributed by atoms with Gasteiger partial charge in [0.2, 0.25) is 0 Å². The number of fused-ring (bicyclic) bond motifs is 1. The predicted molar refractivity (Wildman–Crippen MR) is 83.5 cm³/mol. The number of hydroxylamine groups is 2. The molecular weight excluding hydrogens is 296 g/mol. The fraction of sp³-hybridized carbons (Fsp3) is 0.176. The maximum atomic E-state index is 12.7. The Labute approximate surface area is 133 Å². The van der Waals surface area contributed by atoms with Crippen molar-refractivity contribution in [2.75, 3.05) is 11.9 Å². The SMILES string of the molecule is CCOC(=O)ON1C(=O)c2ccccc2NC1c1ccccc1. The molecule has 0 spiro atoms. The van der Waals surface area contributed by atoms with Gasteiger partial charge in [0.15, 0.2) is 6.17 Å². The number of nitrogens with zero attached hydrogens (tertiary/aromatic N) is 1. The molecular formula is C17H16N2O4. The van der Waals surface area contributed by atoms with E-state index in [0.29, 0.717) is 11.3 Å². The van der Waals surface area contributed by atoms with Gasteiger partial charge in [-0.25, -0.2) is 4.79 Å². The van der Waals surface area contributed by atoms with E-state index in [1.54, 1.807) is 19.1 Å². The number of para-hydroxylation sites is 1. The number of carbonyl (C=O) groups is 2. The van der Waals surface area contributed by atoms with E-state index < -0.39 is 18.2 Å². The highest BCUT2D eigenvalue weighted by atomic mass is 16.8. The predicted octanol–water partition coefficient (Wildman–Crippen LogP) is 3.34. The van der Waals surface area contributed by atoms with Gasteiger partial charge >= 0.3 is 6.16 Å². The Balaban J connectivity index is 1.97. The van der Waals surface area contributed by atoms with Crippen LogP contribution in [-0.4, -0.2) is 23.7 Å². The molecule has 0 radical (unpaired) electrons. The third kappa shape index (κ3) is 2.96. The van der Waals surface area contributed by atoms with Crippen LogP contribution in [0.25, 0.3) is 0 Å². The standard InChI is InChI=1S/C17H16N2O4/c1-2-22-17(21)23-19-15(12-8-4-3-5-9-12)18-14-11-7-6-10-13(14)16(19)20/h3-11,15,18H,2H2,1H3. The van der Waals surface area contributed by atoms with Crippen LogP contribution in [-0.2, 0) is 9.57 Å². The topological polar surface area (TPSA) is 67.9 Å². The highest BCUT2D eigenvalue weighted by Gasteiger charge is 2.36. The molecule has 1 N–H and O–H groups in total. The van der Waals surface area contributed by atoms with Crippen LogP contribution in [0, 0.1) is 0 Å². The lowest BCUT2D eigenvalue weighted by molar-refractivity contribution is -0.119. The number of amides is 1. The summed E-state index contributed by atoms with van der Waals surface area (Å²) in [6.07, 6.45) is -1.54. The van der Waals surface area contributed by atoms with Gasteiger partial charge in [-0.1, -0.05) is 42.5 Å². The van der Waals surface area contributed by atoms with Gasteiger partial charge in [-0.05, 0) is 24.6 Å². The zero-order valence-electron chi connectivity index (χ0n) is 12.6. The maximum absolute atomic E-state index is 12.7. The van der Waals surface area contributed by atoms with Gasteiger partial charge in [-0.15, -0.1) is 5.06 Å². The number of hydrogen-bond acceptors (Lipinski definition) is 5. The lowest BCUT2D eigenvalue weighted by atomic mass is 10.1. The summed E-state index contributed by atoms with van der Waals surface area (Å²) in [4.78, 5) is 29.5. The second-order valence-electron chi connectivity index (χ2n) is 4.91. The molecule has 23 heavy (non-hydrogen) atoms. The Bertz CT molecular complexity index is 718. The van der Waals surface area contributed by atoms with E-state index in [-0.39, 0.29) is 6.61 Å². The third-order valence-corrected chi connectivity index (χ3v) is 3.43. The van der Waals surface area contributed by atoms with E-state index in [0.717, 1.165) is 10.6 Å². The number of nitrogens with one attached hydrogen (secondary N) is 1. The van der Waals surface area contributed by atoms with E-state index in [9.17, 15) is 9.59 Å². The molecule has 1 unspecified atom stereocenters. The zero-order chi connectivity index (χ0) is 16.2. The van der Waals surface area contributed by atoms with E-state index in [4.69, 9.17) is 9.57 Å². The van der Waals surface area contributed by atoms with E-state index >= 15 is 0 Å². The first kappa shape index (κ1) is 14.9. The van der Waals surface area contributed by atoms with Crippen LogP contribution >= 0.6 is 0 Å². The molecule has 2 aromatic carbocycles. The fourth-order valence-corrected chi connectivity index (χ4v) is 2.41. The summed E-state index contributed by atoms with van der Waals surface area (Å²) in [7, 11) is 0. The first-order chi connectivity index (χ1) is 11.2. The lowest BCUT2D eigenvalue weighted by Crippen LogP contribution is -2.44. The van der Waals surface area contributed by atoms with Crippen LogP contribution in [0.5, 0.6) is 0 Å². The zero-order valence-corrected chi connectivity index (χ0v) is 12.6. The van der Waals surface area contributed by atoms with Gasteiger partial charge in [-0.2, -0.15) is 0 Å². The molecule has 6 nitrogen and oxygen atoms in total. The quantitative estimate of drug-likeness (QED) is 0.880. The molecule has 2 aromatic rings. The molecule has 0 saturated heterocycles. The van der Waals surface area contributed by atoms with E-state index in [2.05, 4.69) is 5.32 Å². The number of anilines is 1. The summed E-state index contributed by atoms with van der Waals surface area (Å²) >= 11 is 0. The van der Waals surface area contributed by atoms with Gasteiger partial charge in [-0.3, -0.25) is 4.79 Å². The average molecular weight is 312 g/mol. The highest BCUT2D eigenvalue weighted by Crippen LogP contribution is 2.33. The van der Waals surface area contributed by atoms with Crippen molar-refractivity contribution < 1.29 is 19.2 Å². The van der Waals surface area contributed by atoms with Crippen molar-refractivity contribution in [1.82, 2.24) is 5.06 Å². The van der Waals surface area contributed by atoms with Crippen LogP contribution in [0.1, 0.15) is 29.0 Å². The minimum absolute atomic E-state index is 0.168. The number of ether oxygens (including phenoxy) is 1. The van der Waals surface area contributed by atoms with Crippen molar-refractivity contribution in [1.29, 1.82) is 0 Å². The van der Waals surface area contributed by atoms with Crippen molar-refractivity contribution in [3.8, 4) is 0 Å². The van der Waals surface area contributed by atoms with Crippen molar-refractivity contribution >= 4 is 17.7 Å². The largest absolute Gasteiger partial charge is 0.533 e. The minimum Gasteiger partial charge on any atom is -0.433 e. The molecule has 0 saturated carbocycles. The fourth-order valence-electron chi connectivity index (χ4n) is 2.41. The molecule has 0 bridgehead atoms. The third-order valence-electron chi connectivity index (χ3n) is 3.43. The van der Waals surface area contributed by atoms with Crippen LogP contribution in [0.2, 0.25) is 0 Å². The van der Waals surface area contributed by atoms with Gasteiger partial charge in [0.1, 0.15) is 0 Å². The second kappa shape index (κ2) is 6.39. The first-order valence-corrected chi connectivity index (χ1v) is 7.29. The Hall–Kier alpha value is -3.02. The number of benzene rings is 2. The monoisotopic (exact) mass is 312 g/mol. The molecule has 1 amide bonds.